The Kier molecular flexibility index (Phi) is 3.36. The van der Waals surface area contributed by atoms with Crippen LogP contribution in [0.1, 0.15) is 23.7 Å². The molecule has 1 fully saturated rings. The molecule has 1 aliphatic heterocycles. The van der Waals surface area contributed by atoms with Gasteiger partial charge < -0.3 is 16.2 Å². The average molecular weight is 206 g/mol. The van der Waals surface area contributed by atoms with Crippen LogP contribution >= 0.6 is 0 Å². The summed E-state index contributed by atoms with van der Waals surface area (Å²) >= 11 is 0. The summed E-state index contributed by atoms with van der Waals surface area (Å²) in [6.07, 6.45) is 0.667. The number of nitrogens with two attached hydrogens (primary N) is 1. The molecule has 1 aliphatic rings. The van der Waals surface area contributed by atoms with E-state index in [2.05, 4.69) is 5.32 Å². The topological polar surface area (TPSA) is 58.3 Å². The molecule has 0 aromatic heterocycles. The molecular formula is C12H18N2O. The Morgan fingerprint density at radius 1 is 1.47 bits per heavy atom. The fraction of sp³-hybridized carbons (Fsp3) is 0.500. The standard InChI is InChI=1S/C12H18N2O/c13-7-9-3-1-2-4-11(9)12(15)10-5-6-14-8-10/h1-4,10,12,14-15H,5-8,13H2. The Labute approximate surface area is 90.3 Å². The fourth-order valence-electron chi connectivity index (χ4n) is 2.21. The van der Waals surface area contributed by atoms with Crippen LogP contribution in [0.3, 0.4) is 0 Å². The molecule has 3 nitrogen and oxygen atoms in total. The Morgan fingerprint density at radius 3 is 2.93 bits per heavy atom. The third-order valence-corrected chi connectivity index (χ3v) is 3.14. The first-order chi connectivity index (χ1) is 7.33. The van der Waals surface area contributed by atoms with E-state index < -0.39 is 0 Å². The van der Waals surface area contributed by atoms with Gasteiger partial charge in [-0.25, -0.2) is 0 Å². The number of nitrogens with one attached hydrogen (secondary N) is 1. The molecule has 4 N–H and O–H groups in total. The number of aliphatic hydroxyl groups is 1. The Morgan fingerprint density at radius 2 is 2.27 bits per heavy atom. The van der Waals surface area contributed by atoms with Gasteiger partial charge in [-0.3, -0.25) is 0 Å². The van der Waals surface area contributed by atoms with E-state index in [1.165, 1.54) is 0 Å². The van der Waals surface area contributed by atoms with E-state index >= 15 is 0 Å². The van der Waals surface area contributed by atoms with Gasteiger partial charge in [0.15, 0.2) is 0 Å². The molecule has 2 atom stereocenters. The highest BCUT2D eigenvalue weighted by molar-refractivity contribution is 5.29. The van der Waals surface area contributed by atoms with Crippen LogP contribution in [0, 0.1) is 5.92 Å². The predicted molar refractivity (Wildman–Crippen MR) is 60.3 cm³/mol. The van der Waals surface area contributed by atoms with Crippen LogP contribution in [-0.2, 0) is 6.54 Å². The summed E-state index contributed by atoms with van der Waals surface area (Å²) in [5.41, 5.74) is 7.71. The second-order valence-electron chi connectivity index (χ2n) is 4.10. The van der Waals surface area contributed by atoms with Crippen molar-refractivity contribution in [2.45, 2.75) is 19.1 Å². The third kappa shape index (κ3) is 2.20. The maximum atomic E-state index is 10.2. The van der Waals surface area contributed by atoms with Crippen molar-refractivity contribution in [1.82, 2.24) is 5.32 Å². The molecule has 82 valence electrons. The van der Waals surface area contributed by atoms with E-state index in [4.69, 9.17) is 5.73 Å². The maximum absolute atomic E-state index is 10.2. The van der Waals surface area contributed by atoms with Crippen LogP contribution in [0.25, 0.3) is 0 Å². The first-order valence-corrected chi connectivity index (χ1v) is 5.49. The number of rotatable bonds is 3. The second kappa shape index (κ2) is 4.75. The van der Waals surface area contributed by atoms with Gasteiger partial charge in [-0.05, 0) is 24.1 Å². The lowest BCUT2D eigenvalue weighted by Gasteiger charge is -2.20. The smallest absolute Gasteiger partial charge is 0.0833 e. The lowest BCUT2D eigenvalue weighted by atomic mass is 9.92. The van der Waals surface area contributed by atoms with Gasteiger partial charge in [-0.1, -0.05) is 24.3 Å². The van der Waals surface area contributed by atoms with E-state index in [1.54, 1.807) is 0 Å². The Hall–Kier alpha value is -0.900. The van der Waals surface area contributed by atoms with Crippen molar-refractivity contribution >= 4 is 0 Å². The first kappa shape index (κ1) is 10.6. The Bertz CT molecular complexity index is 321. The van der Waals surface area contributed by atoms with Crippen LogP contribution in [0.15, 0.2) is 24.3 Å². The quantitative estimate of drug-likeness (QED) is 0.685. The average Bonchev–Trinajstić information content (AvgIpc) is 2.81. The van der Waals surface area contributed by atoms with Gasteiger partial charge >= 0.3 is 0 Å². The molecule has 1 saturated heterocycles. The summed E-state index contributed by atoms with van der Waals surface area (Å²) in [7, 11) is 0. The Balaban J connectivity index is 2.19. The minimum Gasteiger partial charge on any atom is -0.388 e. The molecule has 1 aromatic carbocycles. The van der Waals surface area contributed by atoms with Gasteiger partial charge in [-0.15, -0.1) is 0 Å². The van der Waals surface area contributed by atoms with Crippen molar-refractivity contribution < 1.29 is 5.11 Å². The summed E-state index contributed by atoms with van der Waals surface area (Å²) in [5, 5.41) is 13.5. The van der Waals surface area contributed by atoms with E-state index in [-0.39, 0.29) is 6.10 Å². The van der Waals surface area contributed by atoms with E-state index in [1.807, 2.05) is 24.3 Å². The molecule has 2 rings (SSSR count). The highest BCUT2D eigenvalue weighted by Gasteiger charge is 2.25. The molecule has 0 aliphatic carbocycles. The molecule has 1 heterocycles. The lowest BCUT2D eigenvalue weighted by Crippen LogP contribution is -2.18. The number of aliphatic hydroxyl groups excluding tert-OH is 1. The van der Waals surface area contributed by atoms with Gasteiger partial charge in [-0.2, -0.15) is 0 Å². The normalized spacial score (nSPS) is 22.9. The van der Waals surface area contributed by atoms with Gasteiger partial charge in [0.05, 0.1) is 6.10 Å². The van der Waals surface area contributed by atoms with Crippen LogP contribution in [-0.4, -0.2) is 18.2 Å². The van der Waals surface area contributed by atoms with Crippen molar-refractivity contribution in [3.8, 4) is 0 Å². The molecule has 0 saturated carbocycles. The van der Waals surface area contributed by atoms with Crippen LogP contribution in [0.4, 0.5) is 0 Å². The monoisotopic (exact) mass is 206 g/mol. The molecule has 2 unspecified atom stereocenters. The minimum atomic E-state index is -0.375. The fourth-order valence-corrected chi connectivity index (χ4v) is 2.21. The van der Waals surface area contributed by atoms with Crippen molar-refractivity contribution in [2.24, 2.45) is 11.7 Å². The molecule has 0 bridgehead atoms. The van der Waals surface area contributed by atoms with Crippen molar-refractivity contribution in [1.29, 1.82) is 0 Å². The highest BCUT2D eigenvalue weighted by Crippen LogP contribution is 2.28. The third-order valence-electron chi connectivity index (χ3n) is 3.14. The molecule has 1 aromatic rings. The number of hydrogen-bond donors (Lipinski definition) is 3. The van der Waals surface area contributed by atoms with E-state index in [0.29, 0.717) is 12.5 Å². The van der Waals surface area contributed by atoms with Crippen molar-refractivity contribution in [3.05, 3.63) is 35.4 Å². The van der Waals surface area contributed by atoms with Crippen molar-refractivity contribution in [3.63, 3.8) is 0 Å². The molecule has 0 radical (unpaired) electrons. The summed E-state index contributed by atoms with van der Waals surface area (Å²) in [5.74, 6) is 0.331. The zero-order valence-corrected chi connectivity index (χ0v) is 8.82. The SMILES string of the molecule is NCc1ccccc1C(O)C1CCNC1. The molecule has 0 spiro atoms. The van der Waals surface area contributed by atoms with E-state index in [9.17, 15) is 5.11 Å². The first-order valence-electron chi connectivity index (χ1n) is 5.49. The van der Waals surface area contributed by atoms with Crippen molar-refractivity contribution in [2.75, 3.05) is 13.1 Å². The molecule has 15 heavy (non-hydrogen) atoms. The number of hydrogen-bond acceptors (Lipinski definition) is 3. The number of benzene rings is 1. The van der Waals surface area contributed by atoms with Gasteiger partial charge in [0.2, 0.25) is 0 Å². The van der Waals surface area contributed by atoms with Crippen LogP contribution in [0.5, 0.6) is 0 Å². The largest absolute Gasteiger partial charge is 0.388 e. The maximum Gasteiger partial charge on any atom is 0.0833 e. The highest BCUT2D eigenvalue weighted by atomic mass is 16.3. The van der Waals surface area contributed by atoms with Gasteiger partial charge in [0.25, 0.3) is 0 Å². The zero-order valence-electron chi connectivity index (χ0n) is 8.82. The van der Waals surface area contributed by atoms with E-state index in [0.717, 1.165) is 30.6 Å². The van der Waals surface area contributed by atoms with Crippen LogP contribution in [0.2, 0.25) is 0 Å². The minimum absolute atomic E-state index is 0.331. The second-order valence-corrected chi connectivity index (χ2v) is 4.10. The summed E-state index contributed by atoms with van der Waals surface area (Å²) in [6, 6.07) is 7.89. The lowest BCUT2D eigenvalue weighted by molar-refractivity contribution is 0.117. The summed E-state index contributed by atoms with van der Waals surface area (Å²) in [4.78, 5) is 0. The summed E-state index contributed by atoms with van der Waals surface area (Å²) in [6.45, 7) is 2.40. The van der Waals surface area contributed by atoms with Crippen LogP contribution < -0.4 is 11.1 Å². The predicted octanol–water partition coefficient (Wildman–Crippen LogP) is 0.788. The molecular weight excluding hydrogens is 188 g/mol. The molecule has 0 amide bonds. The van der Waals surface area contributed by atoms with Gasteiger partial charge in [0.1, 0.15) is 0 Å². The zero-order chi connectivity index (χ0) is 10.7. The summed E-state index contributed by atoms with van der Waals surface area (Å²) < 4.78 is 0. The van der Waals surface area contributed by atoms with Gasteiger partial charge in [0, 0.05) is 19.0 Å². The molecule has 3 heteroatoms.